The minimum Gasteiger partial charge on any atom is -0.497 e. The first kappa shape index (κ1) is 91.2. The number of fused-ring (bicyclic) bond motifs is 8. The van der Waals surface area contributed by atoms with Crippen LogP contribution in [0, 0.1) is 0 Å². The molecule has 17 heteroatoms. The first-order chi connectivity index (χ1) is 61.7. The maximum absolute atomic E-state index is 14.7. The van der Waals surface area contributed by atoms with Crippen molar-refractivity contribution >= 4 is 78.7 Å². The molecule has 0 amide bonds. The number of aliphatic imine (C=N–C) groups is 4. The van der Waals surface area contributed by atoms with E-state index in [-0.39, 0.29) is 25.7 Å². The van der Waals surface area contributed by atoms with Gasteiger partial charge in [0.1, 0.15) is 51.7 Å². The Labute approximate surface area is 740 Å². The van der Waals surface area contributed by atoms with Crippen molar-refractivity contribution in [1.82, 2.24) is 0 Å². The SMILES string of the molecule is CCCCN=Cc1ccc(OC(=O)C=Cc2c3cc(OCCCC)cc2Cc2cc(OCCCC)cc(c2/C=C\C(=O)Oc2ccc(C=Nc4ccc(OC)cc4)cc2)Cc2cc(OCCCC)cc(c2C=CC(=O)Oc2ccc(C=NCc4ccccc4)cc2)Cc2cc(OCCCC)cc(c2/C=C\C(=O)Oc2ccc(C=NCc4ccccc4)cc2)C3)cc1. The fourth-order valence-electron chi connectivity index (χ4n) is 14.1. The van der Waals surface area contributed by atoms with Crippen LogP contribution in [-0.2, 0) is 58.0 Å². The molecule has 0 aliphatic heterocycles. The molecule has 17 nitrogen and oxygen atoms in total. The van der Waals surface area contributed by atoms with Gasteiger partial charge in [0.05, 0.1) is 52.3 Å². The molecule has 8 bridgehead atoms. The number of methoxy groups -OCH3 is 1. The van der Waals surface area contributed by atoms with E-state index in [2.05, 4.69) is 54.6 Å². The van der Waals surface area contributed by atoms with Crippen molar-refractivity contribution in [3.05, 3.63) is 355 Å². The van der Waals surface area contributed by atoms with Crippen molar-refractivity contribution in [2.45, 2.75) is 138 Å². The van der Waals surface area contributed by atoms with Gasteiger partial charge in [-0.3, -0.25) is 20.0 Å². The van der Waals surface area contributed by atoms with Gasteiger partial charge in [-0.1, -0.05) is 127 Å². The molecule has 11 aromatic carbocycles. The molecule has 0 radical (unpaired) electrons. The highest BCUT2D eigenvalue weighted by Gasteiger charge is 2.24. The van der Waals surface area contributed by atoms with E-state index in [1.807, 2.05) is 188 Å². The number of unbranched alkanes of at least 4 members (excludes halogenated alkanes) is 5. The van der Waals surface area contributed by atoms with Crippen molar-refractivity contribution in [2.75, 3.05) is 40.1 Å². The third-order valence-electron chi connectivity index (χ3n) is 20.9. The van der Waals surface area contributed by atoms with E-state index >= 15 is 0 Å². The van der Waals surface area contributed by atoms with Crippen LogP contribution < -0.4 is 42.6 Å². The molecule has 644 valence electrons. The van der Waals surface area contributed by atoms with Crippen LogP contribution in [0.3, 0.4) is 0 Å². The van der Waals surface area contributed by atoms with Crippen LogP contribution in [0.25, 0.3) is 24.3 Å². The number of nitrogens with zero attached hydrogens (tertiary/aromatic N) is 4. The first-order valence-electron chi connectivity index (χ1n) is 43.7. The highest BCUT2D eigenvalue weighted by molar-refractivity contribution is 5.93. The molecule has 11 aromatic rings. The Bertz CT molecular complexity index is 5420. The number of rotatable bonds is 41. The maximum Gasteiger partial charge on any atom is 0.336 e. The number of hydrogen-bond acceptors (Lipinski definition) is 17. The molecular formula is C109H110N4O13. The van der Waals surface area contributed by atoms with Crippen LogP contribution in [0.5, 0.6) is 51.7 Å². The average Bonchev–Trinajstić information content (AvgIpc) is 0.769. The standard InChI is InChI=1S/C109H110N4O13/c1-7-12-55-110-72-80-27-37-94(38-28-80)123-106(114)51-47-102-84-60-86-66-99(120-57-14-9-3)67-87(103(86)48-52-107(115)124-95-39-29-81(30-40-95)75-111-73-78-23-19-17-20-24-78)61-88-68-100(121-58-15-10-4)69-89(104(88)49-53-108(116)125-96-41-31-82(32-42-96)76-112-74-79-25-21-18-22-26-79)63-91-71-101(122-59-16-11-5)70-90(62-85(102)65-98(64-84)119-56-13-8-2)105(91)50-54-109(117)126-97-43-33-83(34-44-97)77-113-92-35-45-93(118-6)46-36-92/h17-54,64-72,75-77H,7-16,55-63,73-74H2,1-6H3/b51-47?,52-48-,53-49?,54-50-,110-72?,111-75?,112-76?,113-77?. The van der Waals surface area contributed by atoms with E-state index < -0.39 is 23.9 Å². The lowest BCUT2D eigenvalue weighted by Gasteiger charge is -2.23. The minimum atomic E-state index is -0.642. The zero-order valence-electron chi connectivity index (χ0n) is 72.8. The van der Waals surface area contributed by atoms with E-state index in [9.17, 15) is 19.2 Å². The Kier molecular flexibility index (Phi) is 35.2. The summed E-state index contributed by atoms with van der Waals surface area (Å²) in [7, 11) is 1.62. The van der Waals surface area contributed by atoms with E-state index in [0.717, 1.165) is 154 Å². The Balaban J connectivity index is 1.04. The number of carbonyl (C=O) groups excluding carboxylic acids is 4. The molecule has 0 spiro atoms. The molecule has 1 aliphatic rings. The molecule has 0 atom stereocenters. The Morgan fingerprint density at radius 3 is 0.825 bits per heavy atom. The summed E-state index contributed by atoms with van der Waals surface area (Å²) < 4.78 is 57.1. The highest BCUT2D eigenvalue weighted by Crippen LogP contribution is 2.39. The van der Waals surface area contributed by atoms with Crippen LogP contribution in [-0.4, -0.2) is 88.8 Å². The lowest BCUT2D eigenvalue weighted by Crippen LogP contribution is -2.10. The summed E-state index contributed by atoms with van der Waals surface area (Å²) in [5, 5.41) is 0. The number of carbonyl (C=O) groups is 4. The Morgan fingerprint density at radius 2 is 0.556 bits per heavy atom. The van der Waals surface area contributed by atoms with Gasteiger partial charge in [0, 0.05) is 55.7 Å². The smallest absolute Gasteiger partial charge is 0.336 e. The third-order valence-corrected chi connectivity index (χ3v) is 20.9. The van der Waals surface area contributed by atoms with Gasteiger partial charge in [-0.2, -0.15) is 0 Å². The Hall–Kier alpha value is -14.1. The minimum absolute atomic E-state index is 0.175. The molecule has 0 aromatic heterocycles. The zero-order chi connectivity index (χ0) is 87.9. The average molecular weight is 1680 g/mol. The van der Waals surface area contributed by atoms with E-state index in [1.54, 1.807) is 98.6 Å². The second-order valence-electron chi connectivity index (χ2n) is 30.7. The van der Waals surface area contributed by atoms with E-state index in [0.29, 0.717) is 114 Å². The fraction of sp³-hybridized carbons (Fsp3) is 0.248. The predicted molar refractivity (Wildman–Crippen MR) is 506 cm³/mol. The predicted octanol–water partition coefficient (Wildman–Crippen LogP) is 23.8. The van der Waals surface area contributed by atoms with Crippen LogP contribution in [0.4, 0.5) is 5.69 Å². The molecule has 0 saturated carbocycles. The summed E-state index contributed by atoms with van der Waals surface area (Å²) in [6.45, 7) is 13.9. The van der Waals surface area contributed by atoms with Gasteiger partial charge in [0.15, 0.2) is 0 Å². The van der Waals surface area contributed by atoms with Gasteiger partial charge in [0.25, 0.3) is 0 Å². The monoisotopic (exact) mass is 1680 g/mol. The molecular weight excluding hydrogens is 1570 g/mol. The first-order valence-corrected chi connectivity index (χ1v) is 43.7. The van der Waals surface area contributed by atoms with Gasteiger partial charge in [-0.25, -0.2) is 19.2 Å². The summed E-state index contributed by atoms with van der Waals surface area (Å²) in [6.07, 6.45) is 29.4. The fourth-order valence-corrected chi connectivity index (χ4v) is 14.1. The molecule has 0 fully saturated rings. The second-order valence-corrected chi connectivity index (χ2v) is 30.7. The van der Waals surface area contributed by atoms with Gasteiger partial charge < -0.3 is 42.6 Å². The molecule has 12 rings (SSSR count). The van der Waals surface area contributed by atoms with Crippen LogP contribution in [0.1, 0.15) is 199 Å². The second kappa shape index (κ2) is 48.7. The number of benzene rings is 11. The number of esters is 4. The lowest BCUT2D eigenvalue weighted by atomic mass is 9.84. The van der Waals surface area contributed by atoms with Crippen LogP contribution in [0.15, 0.2) is 275 Å². The molecule has 0 saturated heterocycles. The van der Waals surface area contributed by atoms with Crippen LogP contribution >= 0.6 is 0 Å². The topological polar surface area (TPSA) is 201 Å². The van der Waals surface area contributed by atoms with Crippen molar-refractivity contribution < 1.29 is 61.8 Å². The molecule has 0 N–H and O–H groups in total. The summed E-state index contributed by atoms with van der Waals surface area (Å²) >= 11 is 0. The van der Waals surface area contributed by atoms with Crippen molar-refractivity contribution in [3.63, 3.8) is 0 Å². The zero-order valence-corrected chi connectivity index (χ0v) is 72.8. The molecule has 126 heavy (non-hydrogen) atoms. The molecule has 0 heterocycles. The normalized spacial score (nSPS) is 12.2. The number of ether oxygens (including phenoxy) is 9. The highest BCUT2D eigenvalue weighted by atomic mass is 16.5. The third kappa shape index (κ3) is 28.8. The maximum atomic E-state index is 14.7. The van der Waals surface area contributed by atoms with Crippen molar-refractivity contribution in [1.29, 1.82) is 0 Å². The summed E-state index contributed by atoms with van der Waals surface area (Å²) in [6, 6.07) is 72.3. The van der Waals surface area contributed by atoms with Gasteiger partial charge in [-0.15, -0.1) is 0 Å². The van der Waals surface area contributed by atoms with Crippen LogP contribution in [0.2, 0.25) is 0 Å². The number of hydrogen-bond donors (Lipinski definition) is 0. The lowest BCUT2D eigenvalue weighted by molar-refractivity contribution is -0.129. The van der Waals surface area contributed by atoms with Crippen molar-refractivity contribution in [2.24, 2.45) is 20.0 Å². The van der Waals surface area contributed by atoms with Crippen molar-refractivity contribution in [3.8, 4) is 51.7 Å². The summed E-state index contributed by atoms with van der Waals surface area (Å²) in [5.74, 6) is 1.82. The van der Waals surface area contributed by atoms with Gasteiger partial charge >= 0.3 is 23.9 Å². The van der Waals surface area contributed by atoms with Gasteiger partial charge in [-0.05, 0) is 352 Å². The van der Waals surface area contributed by atoms with E-state index in [1.165, 1.54) is 24.3 Å². The largest absolute Gasteiger partial charge is 0.497 e. The summed E-state index contributed by atoms with van der Waals surface area (Å²) in [4.78, 5) is 77.2. The molecule has 1 aliphatic carbocycles. The van der Waals surface area contributed by atoms with E-state index in [4.69, 9.17) is 42.6 Å². The quantitative estimate of drug-likeness (QED) is 0.0115. The van der Waals surface area contributed by atoms with Gasteiger partial charge in [0.2, 0.25) is 0 Å². The Morgan fingerprint density at radius 1 is 0.294 bits per heavy atom. The summed E-state index contributed by atoms with van der Waals surface area (Å²) in [5.41, 5.74) is 14.9. The molecule has 0 unspecified atom stereocenters.